The molecule has 17 heavy (non-hydrogen) atoms. The van der Waals surface area contributed by atoms with Crippen LogP contribution in [0.1, 0.15) is 11.6 Å². The monoisotopic (exact) mass is 270 g/mol. The Morgan fingerprint density at radius 1 is 1.24 bits per heavy atom. The van der Waals surface area contributed by atoms with Crippen LogP contribution in [0.2, 0.25) is 10.0 Å². The summed E-state index contributed by atoms with van der Waals surface area (Å²) in [5, 5.41) is 10.3. The molecule has 1 heterocycles. The van der Waals surface area contributed by atoms with E-state index in [0.29, 0.717) is 23.3 Å². The lowest BCUT2D eigenvalue weighted by Crippen LogP contribution is -2.38. The largest absolute Gasteiger partial charge is 0.379 e. The molecule has 0 saturated carbocycles. The maximum absolute atomic E-state index is 9.28. The summed E-state index contributed by atoms with van der Waals surface area (Å²) in [5.74, 6) is 0. The van der Waals surface area contributed by atoms with Crippen molar-refractivity contribution in [1.29, 1.82) is 5.26 Å². The fourth-order valence-corrected chi connectivity index (χ4v) is 2.19. The van der Waals surface area contributed by atoms with Crippen molar-refractivity contribution >= 4 is 23.2 Å². The van der Waals surface area contributed by atoms with Crippen LogP contribution in [0.4, 0.5) is 0 Å². The van der Waals surface area contributed by atoms with E-state index >= 15 is 0 Å². The van der Waals surface area contributed by atoms with Gasteiger partial charge in [0.1, 0.15) is 6.04 Å². The Labute approximate surface area is 110 Å². The quantitative estimate of drug-likeness (QED) is 0.829. The Morgan fingerprint density at radius 2 is 1.94 bits per heavy atom. The van der Waals surface area contributed by atoms with E-state index in [1.165, 1.54) is 0 Å². The molecule has 0 unspecified atom stereocenters. The van der Waals surface area contributed by atoms with Gasteiger partial charge < -0.3 is 4.74 Å². The Bertz CT molecular complexity index is 439. The van der Waals surface area contributed by atoms with Crippen LogP contribution in [-0.4, -0.2) is 31.2 Å². The first-order valence-corrected chi connectivity index (χ1v) is 6.14. The van der Waals surface area contributed by atoms with E-state index in [1.54, 1.807) is 12.1 Å². The first-order chi connectivity index (χ1) is 8.22. The molecule has 1 aromatic rings. The van der Waals surface area contributed by atoms with Crippen LogP contribution >= 0.6 is 23.2 Å². The highest BCUT2D eigenvalue weighted by Crippen LogP contribution is 2.28. The van der Waals surface area contributed by atoms with Gasteiger partial charge in [-0.2, -0.15) is 5.26 Å². The molecule has 1 aromatic carbocycles. The van der Waals surface area contributed by atoms with Crippen LogP contribution < -0.4 is 0 Å². The zero-order valence-corrected chi connectivity index (χ0v) is 10.7. The van der Waals surface area contributed by atoms with Crippen LogP contribution in [-0.2, 0) is 4.74 Å². The summed E-state index contributed by atoms with van der Waals surface area (Å²) in [6.07, 6.45) is 0. The van der Waals surface area contributed by atoms with Crippen molar-refractivity contribution in [3.8, 4) is 6.07 Å². The van der Waals surface area contributed by atoms with Crippen LogP contribution in [0.25, 0.3) is 0 Å². The molecule has 0 aromatic heterocycles. The highest BCUT2D eigenvalue weighted by Gasteiger charge is 2.22. The minimum atomic E-state index is -0.284. The standard InChI is InChI=1S/C12H12Cl2N2O/c13-10-2-1-9(7-11(10)14)12(8-15)16-3-5-17-6-4-16/h1-2,7,12H,3-6H2/t12-/m0/s1. The normalized spacial score (nSPS) is 18.6. The molecule has 5 heteroatoms. The Balaban J connectivity index is 2.22. The summed E-state index contributed by atoms with van der Waals surface area (Å²) in [4.78, 5) is 2.09. The average Bonchev–Trinajstić information content (AvgIpc) is 2.36. The number of nitriles is 1. The Hall–Kier alpha value is -0.790. The van der Waals surface area contributed by atoms with E-state index in [4.69, 9.17) is 27.9 Å². The van der Waals surface area contributed by atoms with Crippen molar-refractivity contribution in [2.45, 2.75) is 6.04 Å². The third kappa shape index (κ3) is 2.91. The van der Waals surface area contributed by atoms with Crippen molar-refractivity contribution < 1.29 is 4.74 Å². The molecule has 1 fully saturated rings. The van der Waals surface area contributed by atoms with Gasteiger partial charge in [-0.3, -0.25) is 4.90 Å². The molecule has 1 saturated heterocycles. The first kappa shape index (κ1) is 12.7. The molecular formula is C12H12Cl2N2O. The molecule has 90 valence electrons. The lowest BCUT2D eigenvalue weighted by atomic mass is 10.1. The number of nitrogens with zero attached hydrogens (tertiary/aromatic N) is 2. The lowest BCUT2D eigenvalue weighted by Gasteiger charge is -2.30. The molecule has 0 bridgehead atoms. The van der Waals surface area contributed by atoms with Gasteiger partial charge in [-0.15, -0.1) is 0 Å². The molecule has 3 nitrogen and oxygen atoms in total. The van der Waals surface area contributed by atoms with Gasteiger partial charge in [-0.05, 0) is 17.7 Å². The van der Waals surface area contributed by atoms with Crippen molar-refractivity contribution in [1.82, 2.24) is 4.90 Å². The highest BCUT2D eigenvalue weighted by atomic mass is 35.5. The molecule has 0 amide bonds. The predicted molar refractivity (Wildman–Crippen MR) is 67.2 cm³/mol. The van der Waals surface area contributed by atoms with Gasteiger partial charge in [0.25, 0.3) is 0 Å². The Kier molecular flexibility index (Phi) is 4.25. The number of rotatable bonds is 2. The summed E-state index contributed by atoms with van der Waals surface area (Å²) < 4.78 is 5.27. The van der Waals surface area contributed by atoms with E-state index in [-0.39, 0.29) is 6.04 Å². The molecule has 1 atom stereocenters. The maximum Gasteiger partial charge on any atom is 0.124 e. The number of ether oxygens (including phenoxy) is 1. The predicted octanol–water partition coefficient (Wildman–Crippen LogP) is 2.89. The molecule has 0 N–H and O–H groups in total. The minimum absolute atomic E-state index is 0.284. The maximum atomic E-state index is 9.28. The van der Waals surface area contributed by atoms with Crippen molar-refractivity contribution in [2.75, 3.05) is 26.3 Å². The fraction of sp³-hybridized carbons (Fsp3) is 0.417. The van der Waals surface area contributed by atoms with Crippen molar-refractivity contribution in [2.24, 2.45) is 0 Å². The van der Waals surface area contributed by atoms with Gasteiger partial charge in [-0.25, -0.2) is 0 Å². The van der Waals surface area contributed by atoms with E-state index < -0.39 is 0 Å². The van der Waals surface area contributed by atoms with Crippen LogP contribution in [0.15, 0.2) is 18.2 Å². The number of hydrogen-bond acceptors (Lipinski definition) is 3. The van der Waals surface area contributed by atoms with Crippen molar-refractivity contribution in [3.63, 3.8) is 0 Å². The number of morpholine rings is 1. The SMILES string of the molecule is N#C[C@@H](c1ccc(Cl)c(Cl)c1)N1CCOCC1. The van der Waals surface area contributed by atoms with Gasteiger partial charge in [0.15, 0.2) is 0 Å². The summed E-state index contributed by atoms with van der Waals surface area (Å²) >= 11 is 11.8. The van der Waals surface area contributed by atoms with Gasteiger partial charge in [0.05, 0.1) is 29.3 Å². The minimum Gasteiger partial charge on any atom is -0.379 e. The fourth-order valence-electron chi connectivity index (χ4n) is 1.89. The summed E-state index contributed by atoms with van der Waals surface area (Å²) in [6, 6.07) is 7.35. The lowest BCUT2D eigenvalue weighted by molar-refractivity contribution is 0.0266. The molecular weight excluding hydrogens is 259 g/mol. The zero-order chi connectivity index (χ0) is 12.3. The third-order valence-corrected chi connectivity index (χ3v) is 3.53. The van der Waals surface area contributed by atoms with E-state index in [2.05, 4.69) is 11.0 Å². The first-order valence-electron chi connectivity index (χ1n) is 5.38. The van der Waals surface area contributed by atoms with E-state index in [1.807, 2.05) is 6.07 Å². The second kappa shape index (κ2) is 5.70. The molecule has 1 aliphatic rings. The molecule has 1 aliphatic heterocycles. The summed E-state index contributed by atoms with van der Waals surface area (Å²) in [5.41, 5.74) is 0.879. The molecule has 0 radical (unpaired) electrons. The summed E-state index contributed by atoms with van der Waals surface area (Å²) in [6.45, 7) is 2.86. The van der Waals surface area contributed by atoms with Crippen LogP contribution in [0.5, 0.6) is 0 Å². The Morgan fingerprint density at radius 3 is 2.53 bits per heavy atom. The van der Waals surface area contributed by atoms with E-state index in [9.17, 15) is 5.26 Å². The van der Waals surface area contributed by atoms with Gasteiger partial charge in [-0.1, -0.05) is 29.3 Å². The second-order valence-corrected chi connectivity index (χ2v) is 4.67. The average molecular weight is 271 g/mol. The second-order valence-electron chi connectivity index (χ2n) is 3.85. The molecule has 0 aliphatic carbocycles. The van der Waals surface area contributed by atoms with Crippen molar-refractivity contribution in [3.05, 3.63) is 33.8 Å². The van der Waals surface area contributed by atoms with Gasteiger partial charge >= 0.3 is 0 Å². The third-order valence-electron chi connectivity index (χ3n) is 2.79. The smallest absolute Gasteiger partial charge is 0.124 e. The highest BCUT2D eigenvalue weighted by molar-refractivity contribution is 6.42. The number of halogens is 2. The van der Waals surface area contributed by atoms with Gasteiger partial charge in [0.2, 0.25) is 0 Å². The number of hydrogen-bond donors (Lipinski definition) is 0. The number of benzene rings is 1. The zero-order valence-electron chi connectivity index (χ0n) is 9.20. The summed E-state index contributed by atoms with van der Waals surface area (Å²) in [7, 11) is 0. The topological polar surface area (TPSA) is 36.3 Å². The van der Waals surface area contributed by atoms with E-state index in [0.717, 1.165) is 18.7 Å². The molecule has 0 spiro atoms. The van der Waals surface area contributed by atoms with Crippen LogP contribution in [0, 0.1) is 11.3 Å². The molecule has 2 rings (SSSR count). The van der Waals surface area contributed by atoms with Gasteiger partial charge in [0, 0.05) is 13.1 Å². The van der Waals surface area contributed by atoms with Crippen LogP contribution in [0.3, 0.4) is 0 Å².